The highest BCUT2D eigenvalue weighted by molar-refractivity contribution is 7.80. The van der Waals surface area contributed by atoms with Crippen molar-refractivity contribution in [3.8, 4) is 0 Å². The fourth-order valence-corrected chi connectivity index (χ4v) is 1.99. The minimum atomic E-state index is -0.542. The van der Waals surface area contributed by atoms with Crippen molar-refractivity contribution in [2.75, 3.05) is 0 Å². The first-order chi connectivity index (χ1) is 9.06. The van der Waals surface area contributed by atoms with Crippen LogP contribution in [0.15, 0.2) is 47.4 Å². The average molecular weight is 275 g/mol. The predicted octanol–water partition coefficient (Wildman–Crippen LogP) is 3.35. The van der Waals surface area contributed by atoms with Crippen LogP contribution in [0.5, 0.6) is 0 Å². The number of carbonyl (C=O) groups is 1. The fraction of sp³-hybridized carbons (Fsp3) is 0.133. The number of amides is 1. The molecule has 0 radical (unpaired) electrons. The van der Waals surface area contributed by atoms with Gasteiger partial charge in [0.05, 0.1) is 5.56 Å². The maximum Gasteiger partial charge on any atom is 0.254 e. The second-order valence-corrected chi connectivity index (χ2v) is 4.85. The van der Waals surface area contributed by atoms with Gasteiger partial charge in [0.15, 0.2) is 0 Å². The molecule has 0 saturated heterocycles. The smallest absolute Gasteiger partial charge is 0.254 e. The third-order valence-corrected chi connectivity index (χ3v) is 3.01. The van der Waals surface area contributed by atoms with Crippen LogP contribution in [-0.2, 0) is 6.54 Å². The lowest BCUT2D eigenvalue weighted by Gasteiger charge is -2.07. The minimum Gasteiger partial charge on any atom is -0.348 e. The number of hydrogen-bond donors (Lipinski definition) is 2. The largest absolute Gasteiger partial charge is 0.348 e. The van der Waals surface area contributed by atoms with Crippen LogP contribution >= 0.6 is 12.6 Å². The van der Waals surface area contributed by atoms with Gasteiger partial charge in [0.1, 0.15) is 5.82 Å². The van der Waals surface area contributed by atoms with Crippen molar-refractivity contribution in [3.63, 3.8) is 0 Å². The Kier molecular flexibility index (Phi) is 4.22. The number of hydrogen-bond acceptors (Lipinski definition) is 2. The molecule has 0 bridgehead atoms. The molecule has 0 spiro atoms. The zero-order valence-corrected chi connectivity index (χ0v) is 11.4. The second kappa shape index (κ2) is 5.89. The molecule has 1 amide bonds. The van der Waals surface area contributed by atoms with Gasteiger partial charge in [-0.1, -0.05) is 29.8 Å². The van der Waals surface area contributed by atoms with Gasteiger partial charge in [-0.15, -0.1) is 12.6 Å². The molecular weight excluding hydrogens is 261 g/mol. The lowest BCUT2D eigenvalue weighted by molar-refractivity contribution is 0.0946. The Balaban J connectivity index is 2.07. The third-order valence-electron chi connectivity index (χ3n) is 2.73. The molecule has 0 aliphatic carbocycles. The van der Waals surface area contributed by atoms with E-state index in [-0.39, 0.29) is 5.56 Å². The molecule has 0 atom stereocenters. The second-order valence-electron chi connectivity index (χ2n) is 4.34. The Morgan fingerprint density at radius 1 is 1.26 bits per heavy atom. The van der Waals surface area contributed by atoms with Crippen molar-refractivity contribution >= 4 is 18.5 Å². The highest BCUT2D eigenvalue weighted by Gasteiger charge is 2.11. The van der Waals surface area contributed by atoms with Gasteiger partial charge in [0, 0.05) is 11.4 Å². The predicted molar refractivity (Wildman–Crippen MR) is 76.0 cm³/mol. The minimum absolute atomic E-state index is 0.0140. The first-order valence-corrected chi connectivity index (χ1v) is 6.33. The normalized spacial score (nSPS) is 10.3. The standard InChI is InChI=1S/C15H14FNOS/c1-10-3-2-4-11(7-10)9-17-15(18)13-8-12(19)5-6-14(13)16/h2-8,19H,9H2,1H3,(H,17,18). The van der Waals surface area contributed by atoms with Gasteiger partial charge >= 0.3 is 0 Å². The number of halogens is 1. The van der Waals surface area contributed by atoms with E-state index < -0.39 is 11.7 Å². The molecular formula is C15H14FNOS. The Morgan fingerprint density at radius 2 is 2.05 bits per heavy atom. The molecule has 2 rings (SSSR count). The lowest BCUT2D eigenvalue weighted by atomic mass is 10.1. The van der Waals surface area contributed by atoms with Crippen molar-refractivity contribution < 1.29 is 9.18 Å². The molecule has 2 aromatic carbocycles. The molecule has 0 aliphatic heterocycles. The van der Waals surface area contributed by atoms with E-state index in [9.17, 15) is 9.18 Å². The van der Waals surface area contributed by atoms with Crippen molar-refractivity contribution in [2.24, 2.45) is 0 Å². The van der Waals surface area contributed by atoms with E-state index in [0.717, 1.165) is 11.1 Å². The molecule has 1 N–H and O–H groups in total. The Morgan fingerprint density at radius 3 is 2.79 bits per heavy atom. The summed E-state index contributed by atoms with van der Waals surface area (Å²) in [6.07, 6.45) is 0. The number of benzene rings is 2. The number of rotatable bonds is 3. The van der Waals surface area contributed by atoms with Crippen molar-refractivity contribution in [1.82, 2.24) is 5.32 Å². The maximum absolute atomic E-state index is 13.5. The summed E-state index contributed by atoms with van der Waals surface area (Å²) in [7, 11) is 0. The van der Waals surface area contributed by atoms with Crippen LogP contribution in [0.3, 0.4) is 0 Å². The summed E-state index contributed by atoms with van der Waals surface area (Å²) in [4.78, 5) is 12.4. The third kappa shape index (κ3) is 3.58. The number of aryl methyl sites for hydroxylation is 1. The van der Waals surface area contributed by atoms with E-state index in [0.29, 0.717) is 11.4 Å². The van der Waals surface area contributed by atoms with E-state index in [4.69, 9.17) is 0 Å². The Bertz CT molecular complexity index is 613. The van der Waals surface area contributed by atoms with Gasteiger partial charge < -0.3 is 5.32 Å². The molecule has 0 heterocycles. The number of thiol groups is 1. The topological polar surface area (TPSA) is 29.1 Å². The van der Waals surface area contributed by atoms with Gasteiger partial charge in [-0.05, 0) is 30.7 Å². The molecule has 2 nitrogen and oxygen atoms in total. The highest BCUT2D eigenvalue weighted by atomic mass is 32.1. The Hall–Kier alpha value is -1.81. The van der Waals surface area contributed by atoms with Crippen LogP contribution < -0.4 is 5.32 Å². The summed E-state index contributed by atoms with van der Waals surface area (Å²) in [6.45, 7) is 2.35. The van der Waals surface area contributed by atoms with Gasteiger partial charge in [-0.25, -0.2) is 4.39 Å². The summed E-state index contributed by atoms with van der Waals surface area (Å²) < 4.78 is 13.5. The van der Waals surface area contributed by atoms with E-state index in [1.165, 1.54) is 18.2 Å². The summed E-state index contributed by atoms with van der Waals surface area (Å²) >= 11 is 4.10. The number of carbonyl (C=O) groups excluding carboxylic acids is 1. The molecule has 98 valence electrons. The van der Waals surface area contributed by atoms with Gasteiger partial charge in [-0.3, -0.25) is 4.79 Å². The zero-order valence-electron chi connectivity index (χ0n) is 10.5. The van der Waals surface area contributed by atoms with Crippen molar-refractivity contribution in [1.29, 1.82) is 0 Å². The molecule has 0 aromatic heterocycles. The van der Waals surface area contributed by atoms with E-state index in [2.05, 4.69) is 17.9 Å². The van der Waals surface area contributed by atoms with Gasteiger partial charge in [0.25, 0.3) is 5.91 Å². The maximum atomic E-state index is 13.5. The van der Waals surface area contributed by atoms with Crippen LogP contribution in [0.2, 0.25) is 0 Å². The summed E-state index contributed by atoms with van der Waals surface area (Å²) in [5.41, 5.74) is 2.12. The monoisotopic (exact) mass is 275 g/mol. The summed E-state index contributed by atoms with van der Waals surface area (Å²) in [6, 6.07) is 12.0. The van der Waals surface area contributed by atoms with Crippen LogP contribution in [-0.4, -0.2) is 5.91 Å². The highest BCUT2D eigenvalue weighted by Crippen LogP contribution is 2.13. The molecule has 0 aliphatic rings. The molecule has 2 aromatic rings. The first-order valence-electron chi connectivity index (χ1n) is 5.88. The molecule has 0 saturated carbocycles. The SMILES string of the molecule is Cc1cccc(CNC(=O)c2cc(S)ccc2F)c1. The Labute approximate surface area is 117 Å². The molecule has 4 heteroatoms. The summed E-state index contributed by atoms with van der Waals surface area (Å²) in [5, 5.41) is 2.70. The first kappa shape index (κ1) is 13.6. The fourth-order valence-electron chi connectivity index (χ4n) is 1.79. The zero-order chi connectivity index (χ0) is 13.8. The number of nitrogens with one attached hydrogen (secondary N) is 1. The van der Waals surface area contributed by atoms with Gasteiger partial charge in [0.2, 0.25) is 0 Å². The van der Waals surface area contributed by atoms with E-state index in [1.807, 2.05) is 31.2 Å². The van der Waals surface area contributed by atoms with Crippen molar-refractivity contribution in [2.45, 2.75) is 18.4 Å². The molecule has 19 heavy (non-hydrogen) atoms. The quantitative estimate of drug-likeness (QED) is 0.826. The van der Waals surface area contributed by atoms with Crippen LogP contribution in [0, 0.1) is 12.7 Å². The lowest BCUT2D eigenvalue weighted by Crippen LogP contribution is -2.23. The molecule has 0 unspecified atom stereocenters. The van der Waals surface area contributed by atoms with Crippen molar-refractivity contribution in [3.05, 3.63) is 65.0 Å². The molecule has 0 fully saturated rings. The van der Waals surface area contributed by atoms with E-state index in [1.54, 1.807) is 0 Å². The average Bonchev–Trinajstić information content (AvgIpc) is 2.39. The van der Waals surface area contributed by atoms with Gasteiger partial charge in [-0.2, -0.15) is 0 Å². The van der Waals surface area contributed by atoms with Crippen LogP contribution in [0.25, 0.3) is 0 Å². The summed E-state index contributed by atoms with van der Waals surface area (Å²) in [5.74, 6) is -0.977. The van der Waals surface area contributed by atoms with Crippen LogP contribution in [0.1, 0.15) is 21.5 Å². The van der Waals surface area contributed by atoms with Crippen LogP contribution in [0.4, 0.5) is 4.39 Å². The van der Waals surface area contributed by atoms with E-state index >= 15 is 0 Å².